The molecule has 0 unspecified atom stereocenters. The molecule has 3 N–H and O–H groups in total. The number of hydrogen-bond acceptors (Lipinski definition) is 6. The first-order valence-electron chi connectivity index (χ1n) is 12.7. The largest absolute Gasteiger partial charge is 0.463 e. The number of imidazole rings is 1. The molecule has 0 bridgehead atoms. The third-order valence-corrected chi connectivity index (χ3v) is 6.41. The van der Waals surface area contributed by atoms with Gasteiger partial charge in [0.15, 0.2) is 11.5 Å². The molecule has 0 saturated carbocycles. The van der Waals surface area contributed by atoms with E-state index in [1.807, 2.05) is 12.1 Å². The van der Waals surface area contributed by atoms with Gasteiger partial charge in [-0.1, -0.05) is 62.4 Å². The summed E-state index contributed by atoms with van der Waals surface area (Å²) < 4.78 is 7.18. The highest BCUT2D eigenvalue weighted by molar-refractivity contribution is 5.82. The monoisotopic (exact) mass is 488 g/mol. The minimum absolute atomic E-state index is 0.188. The van der Waals surface area contributed by atoms with Crippen LogP contribution in [0.3, 0.4) is 0 Å². The molecule has 0 radical (unpaired) electrons. The van der Waals surface area contributed by atoms with E-state index >= 15 is 0 Å². The van der Waals surface area contributed by atoms with Gasteiger partial charge in [0.25, 0.3) is 0 Å². The van der Waals surface area contributed by atoms with Gasteiger partial charge >= 0.3 is 11.7 Å². The maximum atomic E-state index is 12.6. The van der Waals surface area contributed by atoms with Crippen LogP contribution >= 0.6 is 0 Å². The number of nitrogen functional groups attached to an aromatic ring is 1. The number of rotatable bonds is 11. The first-order valence-corrected chi connectivity index (χ1v) is 12.7. The number of hydrogen-bond donors (Lipinski definition) is 2. The van der Waals surface area contributed by atoms with Gasteiger partial charge in [-0.15, -0.1) is 0 Å². The van der Waals surface area contributed by atoms with Crippen molar-refractivity contribution in [3.05, 3.63) is 76.3 Å². The molecule has 36 heavy (non-hydrogen) atoms. The van der Waals surface area contributed by atoms with Crippen molar-refractivity contribution in [2.24, 2.45) is 0 Å². The molecule has 1 aromatic carbocycles. The fraction of sp³-hybridized carbons (Fsp3) is 0.393. The summed E-state index contributed by atoms with van der Waals surface area (Å²) in [6, 6.07) is 8.37. The fourth-order valence-electron chi connectivity index (χ4n) is 4.31. The van der Waals surface area contributed by atoms with E-state index in [0.29, 0.717) is 24.3 Å². The molecule has 1 saturated heterocycles. The number of H-pyrrole nitrogens is 1. The number of nitrogens with one attached hydrogen (secondary N) is 1. The van der Waals surface area contributed by atoms with Gasteiger partial charge < -0.3 is 15.5 Å². The summed E-state index contributed by atoms with van der Waals surface area (Å²) in [5.74, 6) is 0.203. The van der Waals surface area contributed by atoms with Crippen LogP contribution in [0, 0.1) is 0 Å². The summed E-state index contributed by atoms with van der Waals surface area (Å²) in [4.78, 5) is 26.5. The van der Waals surface area contributed by atoms with Crippen molar-refractivity contribution in [3.8, 4) is 6.01 Å². The lowest BCUT2D eigenvalue weighted by molar-refractivity contribution is 0.286. The zero-order valence-corrected chi connectivity index (χ0v) is 21.3. The lowest BCUT2D eigenvalue weighted by Crippen LogP contribution is -2.20. The van der Waals surface area contributed by atoms with E-state index in [1.165, 1.54) is 25.9 Å². The fourth-order valence-corrected chi connectivity index (χ4v) is 4.31. The average Bonchev–Trinajstić information content (AvgIpc) is 3.48. The molecular weight excluding hydrogens is 452 g/mol. The lowest BCUT2D eigenvalue weighted by atomic mass is 10.0. The Morgan fingerprint density at radius 2 is 1.97 bits per heavy atom. The number of fused-ring (bicyclic) bond motifs is 1. The van der Waals surface area contributed by atoms with Gasteiger partial charge in [0.05, 0.1) is 13.2 Å². The maximum Gasteiger partial charge on any atom is 0.328 e. The Hall–Kier alpha value is -3.65. The van der Waals surface area contributed by atoms with Gasteiger partial charge in [0, 0.05) is 6.54 Å². The van der Waals surface area contributed by atoms with Crippen LogP contribution in [-0.4, -0.2) is 50.7 Å². The number of aromatic amines is 1. The number of anilines is 1. The first-order chi connectivity index (χ1) is 17.4. The van der Waals surface area contributed by atoms with Gasteiger partial charge in [0.1, 0.15) is 5.52 Å². The second-order valence-electron chi connectivity index (χ2n) is 9.36. The third-order valence-electron chi connectivity index (χ3n) is 6.41. The molecule has 3 heterocycles. The van der Waals surface area contributed by atoms with Crippen LogP contribution in [0.15, 0.2) is 59.4 Å². The quantitative estimate of drug-likeness (QED) is 0.303. The van der Waals surface area contributed by atoms with Crippen molar-refractivity contribution in [1.29, 1.82) is 0 Å². The maximum absolute atomic E-state index is 12.6. The molecule has 0 spiro atoms. The molecule has 8 nitrogen and oxygen atoms in total. The molecule has 0 amide bonds. The number of nitrogens with two attached hydrogens (primary N) is 1. The molecule has 2 aromatic heterocycles. The molecule has 1 aliphatic rings. The first kappa shape index (κ1) is 25.4. The van der Waals surface area contributed by atoms with Crippen molar-refractivity contribution in [2.75, 3.05) is 32.0 Å². The van der Waals surface area contributed by atoms with Crippen molar-refractivity contribution in [2.45, 2.75) is 46.1 Å². The Morgan fingerprint density at radius 1 is 1.22 bits per heavy atom. The number of allylic oxidation sites excluding steroid dienone is 3. The number of ether oxygens (including phenoxy) is 1. The summed E-state index contributed by atoms with van der Waals surface area (Å²) in [7, 11) is 0. The molecule has 4 rings (SSSR count). The second-order valence-corrected chi connectivity index (χ2v) is 9.36. The molecule has 1 aliphatic heterocycles. The van der Waals surface area contributed by atoms with Crippen LogP contribution in [0.25, 0.3) is 16.7 Å². The number of nitrogens with zero attached hydrogens (tertiary/aromatic N) is 4. The van der Waals surface area contributed by atoms with Crippen LogP contribution in [0.1, 0.15) is 50.7 Å². The molecule has 1 fully saturated rings. The molecule has 3 aromatic rings. The van der Waals surface area contributed by atoms with E-state index < -0.39 is 0 Å². The average molecular weight is 489 g/mol. The van der Waals surface area contributed by atoms with E-state index in [9.17, 15) is 4.79 Å². The van der Waals surface area contributed by atoms with Crippen LogP contribution in [0.5, 0.6) is 6.01 Å². The van der Waals surface area contributed by atoms with E-state index in [0.717, 1.165) is 41.7 Å². The smallest absolute Gasteiger partial charge is 0.328 e. The zero-order chi connectivity index (χ0) is 25.5. The van der Waals surface area contributed by atoms with E-state index in [1.54, 1.807) is 4.57 Å². The Bertz CT molecular complexity index is 1310. The van der Waals surface area contributed by atoms with Crippen molar-refractivity contribution < 1.29 is 4.74 Å². The molecule has 8 heteroatoms. The normalized spacial score (nSPS) is 14.8. The van der Waals surface area contributed by atoms with Crippen LogP contribution in [0.4, 0.5) is 5.82 Å². The number of unbranched alkanes of at least 4 members (excludes halogenated alkanes) is 1. The summed E-state index contributed by atoms with van der Waals surface area (Å²) in [6.45, 7) is 12.5. The van der Waals surface area contributed by atoms with Crippen molar-refractivity contribution in [3.63, 3.8) is 0 Å². The van der Waals surface area contributed by atoms with E-state index in [-0.39, 0.29) is 17.5 Å². The number of likely N-dealkylation sites (tertiary alicyclic amines) is 1. The van der Waals surface area contributed by atoms with Gasteiger partial charge in [-0.2, -0.15) is 9.97 Å². The zero-order valence-electron chi connectivity index (χ0n) is 21.3. The summed E-state index contributed by atoms with van der Waals surface area (Å²) in [5.41, 5.74) is 11.0. The van der Waals surface area contributed by atoms with Crippen LogP contribution in [-0.2, 0) is 6.54 Å². The molecule has 0 aliphatic carbocycles. The van der Waals surface area contributed by atoms with Crippen molar-refractivity contribution >= 4 is 22.6 Å². The minimum Gasteiger partial charge on any atom is -0.463 e. The highest BCUT2D eigenvalue weighted by Gasteiger charge is 2.15. The highest BCUT2D eigenvalue weighted by Crippen LogP contribution is 2.20. The van der Waals surface area contributed by atoms with Gasteiger partial charge in [-0.05, 0) is 61.5 Å². The highest BCUT2D eigenvalue weighted by atomic mass is 16.5. The number of aromatic nitrogens is 4. The Labute approximate surface area is 212 Å². The van der Waals surface area contributed by atoms with E-state index in [2.05, 4.69) is 70.6 Å². The predicted octanol–water partition coefficient (Wildman–Crippen LogP) is 4.54. The van der Waals surface area contributed by atoms with E-state index in [4.69, 9.17) is 10.5 Å². The lowest BCUT2D eigenvalue weighted by Gasteiger charge is -2.13. The topological polar surface area (TPSA) is 102 Å². The van der Waals surface area contributed by atoms with Crippen molar-refractivity contribution in [1.82, 2.24) is 24.4 Å². The van der Waals surface area contributed by atoms with Gasteiger partial charge in [0.2, 0.25) is 0 Å². The summed E-state index contributed by atoms with van der Waals surface area (Å²) >= 11 is 0. The summed E-state index contributed by atoms with van der Waals surface area (Å²) in [5, 5.41) is 0. The predicted molar refractivity (Wildman–Crippen MR) is 146 cm³/mol. The Morgan fingerprint density at radius 3 is 2.69 bits per heavy atom. The standard InChI is InChI=1S/C28H36N6O2/c1-4-5-17-36-27-31-25(29)24-26(32-27)34(28(35)30-24)19-22-11-13-23(14-12-22)21(3)10-8-9-20(2)18-33-15-6-7-16-33/h8-14H,2,4-7,15-19H2,1,3H3,(H,30,35)(H2,29,31,32)/b9-8-,21-10+. The minimum atomic E-state index is -0.281. The summed E-state index contributed by atoms with van der Waals surface area (Å²) in [6.07, 6.45) is 10.7. The number of benzene rings is 1. The SMILES string of the molecule is C=C(/C=C\C=C(/C)c1ccc(Cn2c(=O)[nH]c3c(N)nc(OCCCC)nc32)cc1)CN1CCCC1. The van der Waals surface area contributed by atoms with Crippen LogP contribution < -0.4 is 16.2 Å². The van der Waals surface area contributed by atoms with Gasteiger partial charge in [-0.3, -0.25) is 9.47 Å². The molecule has 190 valence electrons. The van der Waals surface area contributed by atoms with Gasteiger partial charge in [-0.25, -0.2) is 4.79 Å². The molecule has 0 atom stereocenters. The second kappa shape index (κ2) is 11.9. The molecular formula is C28H36N6O2. The third kappa shape index (κ3) is 6.31. The Kier molecular flexibility index (Phi) is 8.38. The Balaban J connectivity index is 1.44. The van der Waals surface area contributed by atoms with Crippen LogP contribution in [0.2, 0.25) is 0 Å².